The third-order valence-electron chi connectivity index (χ3n) is 13.6. The first-order valence-corrected chi connectivity index (χ1v) is 23.9. The molecule has 336 valence electrons. The topological polar surface area (TPSA) is 33.5 Å². The van der Waals surface area contributed by atoms with Crippen LogP contribution in [0.1, 0.15) is 81.3 Å². The molecule has 3 heterocycles. The smallest absolute Gasteiger partial charge is 0.137 e. The Hall–Kier alpha value is -7.11. The van der Waals surface area contributed by atoms with Gasteiger partial charge in [-0.25, -0.2) is 4.98 Å². The average Bonchev–Trinajstić information content (AvgIpc) is 3.84. The third kappa shape index (κ3) is 8.60. The number of pyridine rings is 1. The Bertz CT molecular complexity index is 3270. The number of aromatic nitrogens is 2. The van der Waals surface area contributed by atoms with Crippen LogP contribution >= 0.6 is 0 Å². The quantitative estimate of drug-likeness (QED) is 0.137. The molecule has 0 saturated heterocycles. The van der Waals surface area contributed by atoms with Gasteiger partial charge in [-0.2, -0.15) is 0 Å². The van der Waals surface area contributed by atoms with E-state index >= 15 is 0 Å². The van der Waals surface area contributed by atoms with Crippen LogP contribution < -0.4 is 14.5 Å². The maximum absolute atomic E-state index is 7.05. The van der Waals surface area contributed by atoms with Gasteiger partial charge in [-0.3, -0.25) is 4.57 Å². The second-order valence-electron chi connectivity index (χ2n) is 20.7. The molecule has 0 aliphatic carbocycles. The fourth-order valence-electron chi connectivity index (χ4n) is 10.3. The molecule has 2 aromatic heterocycles. The summed E-state index contributed by atoms with van der Waals surface area (Å²) in [6, 6.07) is 57.7. The lowest BCUT2D eigenvalue weighted by Crippen LogP contribution is -2.29. The molecule has 0 fully saturated rings. The van der Waals surface area contributed by atoms with Gasteiger partial charge in [0, 0.05) is 41.3 Å². The van der Waals surface area contributed by atoms with Crippen molar-refractivity contribution in [3.63, 3.8) is 0 Å². The Morgan fingerprint density at radius 2 is 1.25 bits per heavy atom. The molecule has 0 N–H and O–H groups in total. The second kappa shape index (κ2) is 17.3. The maximum Gasteiger partial charge on any atom is 0.137 e. The van der Waals surface area contributed by atoms with Gasteiger partial charge in [0.25, 0.3) is 0 Å². The van der Waals surface area contributed by atoms with E-state index in [1.807, 2.05) is 6.20 Å². The largest absolute Gasteiger partial charge is 0.457 e. The lowest BCUT2D eigenvalue weighted by Gasteiger charge is -2.24. The van der Waals surface area contributed by atoms with Gasteiger partial charge in [-0.15, -0.1) is 0 Å². The third-order valence-corrected chi connectivity index (χ3v) is 13.6. The van der Waals surface area contributed by atoms with Crippen LogP contribution in [0.2, 0.25) is 0 Å². The number of fused-ring (bicyclic) bond motifs is 4. The number of anilines is 3. The molecule has 0 amide bonds. The number of benzene rings is 7. The molecule has 0 unspecified atom stereocenters. The minimum atomic E-state index is -0.0142. The van der Waals surface area contributed by atoms with Gasteiger partial charge in [0.1, 0.15) is 17.3 Å². The predicted molar refractivity (Wildman–Crippen MR) is 283 cm³/mol. The van der Waals surface area contributed by atoms with E-state index in [9.17, 15) is 0 Å². The predicted octanol–water partition coefficient (Wildman–Crippen LogP) is 16.4. The second-order valence-corrected chi connectivity index (χ2v) is 20.7. The van der Waals surface area contributed by atoms with Crippen molar-refractivity contribution in [1.29, 1.82) is 0 Å². The highest BCUT2D eigenvalue weighted by atomic mass is 16.5. The fourth-order valence-corrected chi connectivity index (χ4v) is 10.3. The zero-order valence-corrected chi connectivity index (χ0v) is 40.6. The Morgan fingerprint density at radius 3 is 2.01 bits per heavy atom. The molecule has 1 aliphatic heterocycles. The van der Waals surface area contributed by atoms with Crippen LogP contribution in [0, 0.1) is 20.8 Å². The van der Waals surface area contributed by atoms with Gasteiger partial charge in [-0.1, -0.05) is 138 Å². The minimum Gasteiger partial charge on any atom is -0.457 e. The summed E-state index contributed by atoms with van der Waals surface area (Å²) >= 11 is 0. The lowest BCUT2D eigenvalue weighted by molar-refractivity contribution is 0.483. The highest BCUT2D eigenvalue weighted by molar-refractivity contribution is 6.09. The van der Waals surface area contributed by atoms with E-state index in [1.54, 1.807) is 0 Å². The Morgan fingerprint density at radius 1 is 0.567 bits per heavy atom. The summed E-state index contributed by atoms with van der Waals surface area (Å²) in [7, 11) is 0. The highest BCUT2D eigenvalue weighted by Gasteiger charge is 2.28. The van der Waals surface area contributed by atoms with E-state index < -0.39 is 0 Å². The summed E-state index contributed by atoms with van der Waals surface area (Å²) in [6.07, 6.45) is 3.96. The number of rotatable bonds is 10. The van der Waals surface area contributed by atoms with E-state index in [4.69, 9.17) is 9.72 Å². The number of hydrogen-bond donors (Lipinski definition) is 0. The Labute approximate surface area is 397 Å². The van der Waals surface area contributed by atoms with Gasteiger partial charge in [-0.05, 0) is 149 Å². The normalized spacial score (nSPS) is 12.9. The number of ether oxygens (including phenoxy) is 1. The minimum absolute atomic E-state index is 0.0142. The lowest BCUT2D eigenvalue weighted by atomic mass is 9.83. The molecule has 10 rings (SSSR count). The summed E-state index contributed by atoms with van der Waals surface area (Å²) in [6.45, 7) is 22.0. The first-order chi connectivity index (χ1) is 32.2. The number of hydrogen-bond acceptors (Lipinski definition) is 4. The van der Waals surface area contributed by atoms with Crippen molar-refractivity contribution in [2.45, 2.75) is 86.0 Å². The van der Waals surface area contributed by atoms with Crippen molar-refractivity contribution in [1.82, 2.24) is 9.55 Å². The Kier molecular flexibility index (Phi) is 11.3. The fraction of sp³-hybridized carbons (Fsp3) is 0.242. The van der Waals surface area contributed by atoms with Crippen LogP contribution in [0.3, 0.4) is 0 Å². The Balaban J connectivity index is 1.01. The van der Waals surface area contributed by atoms with Gasteiger partial charge in [0.05, 0.1) is 29.1 Å². The van der Waals surface area contributed by atoms with Crippen LogP contribution in [-0.4, -0.2) is 22.8 Å². The molecule has 0 spiro atoms. The molecule has 0 saturated carbocycles. The van der Waals surface area contributed by atoms with E-state index in [2.05, 4.69) is 234 Å². The van der Waals surface area contributed by atoms with Crippen molar-refractivity contribution in [3.05, 3.63) is 197 Å². The number of nitrogens with zero attached hydrogens (tertiary/aromatic N) is 4. The molecule has 0 atom stereocenters. The molecule has 1 aliphatic rings. The zero-order valence-electron chi connectivity index (χ0n) is 40.6. The van der Waals surface area contributed by atoms with Crippen molar-refractivity contribution in [2.75, 3.05) is 23.0 Å². The van der Waals surface area contributed by atoms with Gasteiger partial charge < -0.3 is 14.5 Å². The van der Waals surface area contributed by atoms with Crippen LogP contribution in [0.4, 0.5) is 17.1 Å². The van der Waals surface area contributed by atoms with E-state index in [-0.39, 0.29) is 10.8 Å². The number of para-hydroxylation sites is 3. The monoisotopic (exact) mass is 878 g/mol. The standard InChI is InChI=1S/C62H62N4O/c1-41-32-42(2)60(43(3)33-41)46-35-49(38-51(36-46)67-50-26-28-54-53-21-13-14-22-55(53)66(58(54)39-50)59-37-48(29-30-63-59)62(7,8)9)65-40-64(56-23-15-16-24-57(56)65)31-17-20-45-34-47(61(4,5)6)25-27-52(45)44-18-11-10-12-19-44/h10-16,18-19,21-30,32-39H,17,20,31,40H2,1-9H3. The van der Waals surface area contributed by atoms with E-state index in [0.29, 0.717) is 0 Å². The first kappa shape index (κ1) is 43.8. The average molecular weight is 879 g/mol. The SMILES string of the molecule is Cc1cc(C)c(-c2cc(Oc3ccc4c5ccccc5n(-c5cc(C(C)(C)C)ccn5)c4c3)cc(N3CN(CCCc4cc(C(C)(C)C)ccc4-c4ccccc4)c4ccccc43)c2)c(C)c1. The van der Waals surface area contributed by atoms with Crippen LogP contribution in [0.25, 0.3) is 49.9 Å². The summed E-state index contributed by atoms with van der Waals surface area (Å²) < 4.78 is 9.34. The van der Waals surface area contributed by atoms with Crippen LogP contribution in [-0.2, 0) is 17.3 Å². The summed E-state index contributed by atoms with van der Waals surface area (Å²) in [4.78, 5) is 9.95. The summed E-state index contributed by atoms with van der Waals surface area (Å²) in [5.41, 5.74) is 18.6. The van der Waals surface area contributed by atoms with Crippen molar-refractivity contribution < 1.29 is 4.74 Å². The molecule has 5 nitrogen and oxygen atoms in total. The molecule has 9 aromatic rings. The van der Waals surface area contributed by atoms with Gasteiger partial charge in [0.2, 0.25) is 0 Å². The molecule has 7 aromatic carbocycles. The summed E-state index contributed by atoms with van der Waals surface area (Å²) in [5.74, 6) is 2.47. The molecule has 5 heteroatoms. The molecule has 0 radical (unpaired) electrons. The molecule has 67 heavy (non-hydrogen) atoms. The van der Waals surface area contributed by atoms with Crippen molar-refractivity contribution in [2.24, 2.45) is 0 Å². The maximum atomic E-state index is 7.05. The summed E-state index contributed by atoms with van der Waals surface area (Å²) in [5, 5.41) is 2.35. The van der Waals surface area contributed by atoms with E-state index in [0.717, 1.165) is 65.7 Å². The van der Waals surface area contributed by atoms with Gasteiger partial charge in [0.15, 0.2) is 0 Å². The van der Waals surface area contributed by atoms with Gasteiger partial charge >= 0.3 is 0 Å². The van der Waals surface area contributed by atoms with Crippen LogP contribution in [0.15, 0.2) is 164 Å². The number of aryl methyl sites for hydroxylation is 4. The van der Waals surface area contributed by atoms with E-state index in [1.165, 1.54) is 72.2 Å². The zero-order chi connectivity index (χ0) is 46.6. The molecular formula is C62H62N4O. The highest BCUT2D eigenvalue weighted by Crippen LogP contribution is 2.45. The van der Waals surface area contributed by atoms with Crippen LogP contribution in [0.5, 0.6) is 11.5 Å². The first-order valence-electron chi connectivity index (χ1n) is 23.9. The van der Waals surface area contributed by atoms with Crippen molar-refractivity contribution >= 4 is 38.9 Å². The van der Waals surface area contributed by atoms with Crippen molar-refractivity contribution in [3.8, 4) is 39.6 Å². The molecular weight excluding hydrogens is 817 g/mol. The molecule has 0 bridgehead atoms.